The van der Waals surface area contributed by atoms with E-state index in [9.17, 15) is 4.39 Å². The monoisotopic (exact) mass is 566 g/mol. The number of allylic oxidation sites excluding steroid dienone is 4. The van der Waals surface area contributed by atoms with Crippen molar-refractivity contribution in [3.63, 3.8) is 0 Å². The highest BCUT2D eigenvalue weighted by molar-refractivity contribution is 7.98. The Morgan fingerprint density at radius 3 is 2.40 bits per heavy atom. The molecule has 0 fully saturated rings. The average Bonchev–Trinajstić information content (AvgIpc) is 3.59. The lowest BCUT2D eigenvalue weighted by Crippen LogP contribution is -2.26. The minimum Gasteiger partial charge on any atom is -0.331 e. The highest BCUT2D eigenvalue weighted by atomic mass is 32.2. The van der Waals surface area contributed by atoms with E-state index in [1.54, 1.807) is 17.0 Å². The Hall–Kier alpha value is -3.13. The molecule has 0 saturated heterocycles. The number of aromatic nitrogens is 2. The van der Waals surface area contributed by atoms with Gasteiger partial charge in [-0.1, -0.05) is 53.2 Å². The van der Waals surface area contributed by atoms with Crippen LogP contribution in [-0.4, -0.2) is 41.1 Å². The minimum absolute atomic E-state index is 0.130. The summed E-state index contributed by atoms with van der Waals surface area (Å²) in [6.45, 7) is 18.7. The van der Waals surface area contributed by atoms with E-state index in [1.165, 1.54) is 17.3 Å². The van der Waals surface area contributed by atoms with Crippen LogP contribution in [-0.2, 0) is 0 Å². The van der Waals surface area contributed by atoms with Crippen molar-refractivity contribution in [1.82, 2.24) is 10.2 Å². The summed E-state index contributed by atoms with van der Waals surface area (Å²) in [6, 6.07) is 7.42. The van der Waals surface area contributed by atoms with Crippen molar-refractivity contribution < 1.29 is 4.39 Å². The summed E-state index contributed by atoms with van der Waals surface area (Å²) in [4.78, 5) is 12.8. The van der Waals surface area contributed by atoms with E-state index >= 15 is 0 Å². The van der Waals surface area contributed by atoms with Crippen molar-refractivity contribution in [1.29, 1.82) is 0 Å². The number of nitrogens with one attached hydrogen (secondary N) is 2. The summed E-state index contributed by atoms with van der Waals surface area (Å²) < 4.78 is 15.0. The van der Waals surface area contributed by atoms with Gasteiger partial charge in [0.15, 0.2) is 5.82 Å². The number of hydrogen-bond donors (Lipinski definition) is 2. The zero-order valence-electron chi connectivity index (χ0n) is 26.1. The molecule has 218 valence electrons. The Kier molecular flexibility index (Phi) is 12.9. The van der Waals surface area contributed by atoms with Gasteiger partial charge < -0.3 is 10.2 Å². The molecule has 0 saturated carbocycles. The van der Waals surface area contributed by atoms with Crippen LogP contribution < -0.4 is 10.2 Å². The fourth-order valence-electron chi connectivity index (χ4n) is 4.34. The summed E-state index contributed by atoms with van der Waals surface area (Å²) >= 11 is 1.52. The molecule has 1 aliphatic rings. The Morgan fingerprint density at radius 2 is 1.90 bits per heavy atom. The van der Waals surface area contributed by atoms with Gasteiger partial charge in [-0.15, -0.1) is 11.8 Å². The predicted octanol–water partition coefficient (Wildman–Crippen LogP) is 8.96. The maximum Gasteiger partial charge on any atom is 0.153 e. The van der Waals surface area contributed by atoms with Crippen molar-refractivity contribution in [2.24, 2.45) is 15.9 Å². The maximum absolute atomic E-state index is 15.0. The van der Waals surface area contributed by atoms with E-state index in [1.807, 2.05) is 53.1 Å². The first-order valence-corrected chi connectivity index (χ1v) is 15.4. The second kappa shape index (κ2) is 15.6. The van der Waals surface area contributed by atoms with Gasteiger partial charge in [-0.3, -0.25) is 10.1 Å². The Labute approximate surface area is 245 Å². The SMILES string of the molecule is CC.CC/C(C)=C(C1=NC(CC)C=C1)/C(=C(\N=C(/C)N(C)c1ccc(SC)cc1F)Nc1cc(C)[nH]n1)C(C)C. The number of hydrogen-bond acceptors (Lipinski definition) is 5. The van der Waals surface area contributed by atoms with Gasteiger partial charge in [0.1, 0.15) is 17.5 Å². The lowest BCUT2D eigenvalue weighted by Gasteiger charge is -2.24. The van der Waals surface area contributed by atoms with E-state index in [2.05, 4.69) is 62.3 Å². The number of rotatable bonds is 10. The van der Waals surface area contributed by atoms with E-state index in [0.717, 1.165) is 40.3 Å². The second-order valence-corrected chi connectivity index (χ2v) is 10.8. The molecule has 8 heteroatoms. The van der Waals surface area contributed by atoms with Crippen LogP contribution in [0, 0.1) is 18.7 Å². The van der Waals surface area contributed by atoms with Crippen molar-refractivity contribution >= 4 is 34.8 Å². The van der Waals surface area contributed by atoms with Gasteiger partial charge in [0.2, 0.25) is 0 Å². The quantitative estimate of drug-likeness (QED) is 0.130. The summed E-state index contributed by atoms with van der Waals surface area (Å²) in [5, 5.41) is 10.9. The number of amidine groups is 1. The molecule has 1 unspecified atom stereocenters. The van der Waals surface area contributed by atoms with Crippen LogP contribution >= 0.6 is 11.8 Å². The normalized spacial score (nSPS) is 16.3. The number of aryl methyl sites for hydroxylation is 1. The predicted molar refractivity (Wildman–Crippen MR) is 173 cm³/mol. The van der Waals surface area contributed by atoms with Crippen LogP contribution in [0.15, 0.2) is 73.8 Å². The number of nitrogens with zero attached hydrogens (tertiary/aromatic N) is 4. The van der Waals surface area contributed by atoms with Crippen LogP contribution in [0.1, 0.15) is 73.9 Å². The first-order valence-electron chi connectivity index (χ1n) is 14.2. The molecule has 0 amide bonds. The van der Waals surface area contributed by atoms with Crippen LogP contribution in [0.4, 0.5) is 15.9 Å². The molecule has 0 aliphatic carbocycles. The number of halogens is 1. The summed E-state index contributed by atoms with van der Waals surface area (Å²) in [5.41, 5.74) is 5.81. The molecule has 2 aromatic rings. The fourth-order valence-corrected chi connectivity index (χ4v) is 4.77. The average molecular weight is 567 g/mol. The van der Waals surface area contributed by atoms with Gasteiger partial charge in [-0.2, -0.15) is 5.10 Å². The molecule has 0 radical (unpaired) electrons. The van der Waals surface area contributed by atoms with Gasteiger partial charge in [-0.05, 0) is 70.1 Å². The molecule has 1 atom stereocenters. The lowest BCUT2D eigenvalue weighted by atomic mass is 9.87. The number of anilines is 2. The first kappa shape index (κ1) is 33.1. The third-order valence-electron chi connectivity index (χ3n) is 6.74. The number of aliphatic imine (C=N–C) groups is 2. The van der Waals surface area contributed by atoms with Gasteiger partial charge >= 0.3 is 0 Å². The smallest absolute Gasteiger partial charge is 0.153 e. The van der Waals surface area contributed by atoms with Crippen molar-refractivity contribution in [3.8, 4) is 0 Å². The van der Waals surface area contributed by atoms with Gasteiger partial charge in [0.25, 0.3) is 0 Å². The summed E-state index contributed by atoms with van der Waals surface area (Å²) in [5.74, 6) is 1.85. The fraction of sp³-hybridized carbons (Fsp3) is 0.469. The molecule has 40 heavy (non-hydrogen) atoms. The van der Waals surface area contributed by atoms with E-state index in [0.29, 0.717) is 23.2 Å². The Morgan fingerprint density at radius 1 is 1.20 bits per heavy atom. The summed E-state index contributed by atoms with van der Waals surface area (Å²) in [6.07, 6.45) is 8.09. The third-order valence-corrected chi connectivity index (χ3v) is 7.47. The molecule has 1 aliphatic heterocycles. The molecule has 0 bridgehead atoms. The highest BCUT2D eigenvalue weighted by Gasteiger charge is 2.25. The van der Waals surface area contributed by atoms with Crippen LogP contribution in [0.3, 0.4) is 0 Å². The zero-order valence-corrected chi connectivity index (χ0v) is 26.9. The summed E-state index contributed by atoms with van der Waals surface area (Å²) in [7, 11) is 1.84. The molecule has 1 aromatic heterocycles. The van der Waals surface area contributed by atoms with E-state index < -0.39 is 0 Å². The number of H-pyrrole nitrogens is 1. The molecule has 2 N–H and O–H groups in total. The number of thioether (sulfide) groups is 1. The van der Waals surface area contributed by atoms with Gasteiger partial charge in [0.05, 0.1) is 17.4 Å². The minimum atomic E-state index is -0.280. The second-order valence-electron chi connectivity index (χ2n) is 9.87. The van der Waals surface area contributed by atoms with Crippen molar-refractivity contribution in [3.05, 3.63) is 70.5 Å². The van der Waals surface area contributed by atoms with E-state index in [-0.39, 0.29) is 17.8 Å². The molecular weight excluding hydrogens is 519 g/mol. The first-order chi connectivity index (χ1) is 19.1. The van der Waals surface area contributed by atoms with Crippen LogP contribution in [0.25, 0.3) is 0 Å². The molecule has 0 spiro atoms. The van der Waals surface area contributed by atoms with Crippen molar-refractivity contribution in [2.45, 2.75) is 86.1 Å². The molecule has 1 aromatic carbocycles. The Bertz CT molecular complexity index is 1300. The topological polar surface area (TPSA) is 68.7 Å². The van der Waals surface area contributed by atoms with Gasteiger partial charge in [-0.25, -0.2) is 9.38 Å². The van der Waals surface area contributed by atoms with Gasteiger partial charge in [0, 0.05) is 34.8 Å². The Balaban J connectivity index is 0.00000274. The van der Waals surface area contributed by atoms with E-state index in [4.69, 9.17) is 9.98 Å². The lowest BCUT2D eigenvalue weighted by molar-refractivity contribution is 0.624. The van der Waals surface area contributed by atoms with Crippen molar-refractivity contribution in [2.75, 3.05) is 23.5 Å². The maximum atomic E-state index is 15.0. The third kappa shape index (κ3) is 8.19. The van der Waals surface area contributed by atoms with Crippen LogP contribution in [0.5, 0.6) is 0 Å². The number of benzene rings is 1. The molecular formula is C32H47FN6S. The number of aromatic amines is 1. The standard InChI is InChI=1S/C30H41FN6S.C2H6/c1-10-19(5)29(25-14-12-22(11-2)33-25)28(18(3)4)30(34-27-16-20(6)35-36-27)32-21(7)37(8)26-15-13-23(38-9)17-24(26)31;1-2/h12-18,22H,10-11H2,1-9H3,(H2,34,35,36);1-2H3/b29-19+,30-28+,32-21+;. The largest absolute Gasteiger partial charge is 0.331 e. The van der Waals surface area contributed by atoms with Crippen LogP contribution in [0.2, 0.25) is 0 Å². The molecule has 2 heterocycles. The molecule has 3 rings (SSSR count). The zero-order chi connectivity index (χ0) is 30.0. The highest BCUT2D eigenvalue weighted by Crippen LogP contribution is 2.33. The molecule has 6 nitrogen and oxygen atoms in total.